The van der Waals surface area contributed by atoms with Crippen LogP contribution in [0.5, 0.6) is 5.88 Å². The molecule has 0 aliphatic carbocycles. The summed E-state index contributed by atoms with van der Waals surface area (Å²) >= 11 is 0. The second-order valence-electron chi connectivity index (χ2n) is 11.1. The van der Waals surface area contributed by atoms with Gasteiger partial charge in [-0.2, -0.15) is 5.10 Å². The Morgan fingerprint density at radius 2 is 1.68 bits per heavy atom. The van der Waals surface area contributed by atoms with Gasteiger partial charge in [0.15, 0.2) is 11.7 Å². The molecule has 3 aromatic carbocycles. The Morgan fingerprint density at radius 3 is 2.39 bits per heavy atom. The number of ketones is 1. The second-order valence-corrected chi connectivity index (χ2v) is 11.1. The number of carbonyl (C=O) groups is 2. The van der Waals surface area contributed by atoms with Crippen LogP contribution in [0, 0.1) is 6.92 Å². The molecule has 224 valence electrons. The molecule has 5 aromatic rings. The van der Waals surface area contributed by atoms with Crippen LogP contribution in [0.3, 0.4) is 0 Å². The number of aromatic nitrogens is 3. The maximum absolute atomic E-state index is 13.4. The molecule has 1 aliphatic heterocycles. The van der Waals surface area contributed by atoms with Gasteiger partial charge < -0.3 is 25.2 Å². The number of carbonyl (C=O) groups excluding carboxylic acids is 2. The van der Waals surface area contributed by atoms with Crippen molar-refractivity contribution in [3.8, 4) is 5.88 Å². The Bertz CT molecular complexity index is 1840. The Morgan fingerprint density at radius 1 is 0.977 bits per heavy atom. The van der Waals surface area contributed by atoms with Gasteiger partial charge in [0.1, 0.15) is 5.69 Å². The van der Waals surface area contributed by atoms with Gasteiger partial charge in [-0.15, -0.1) is 0 Å². The summed E-state index contributed by atoms with van der Waals surface area (Å²) in [5, 5.41) is 18.5. The predicted octanol–water partition coefficient (Wildman–Crippen LogP) is 5.38. The summed E-state index contributed by atoms with van der Waals surface area (Å²) in [7, 11) is 2.14. The van der Waals surface area contributed by atoms with E-state index in [0.717, 1.165) is 37.6 Å². The van der Waals surface area contributed by atoms with Gasteiger partial charge in [-0.05, 0) is 93.7 Å². The van der Waals surface area contributed by atoms with E-state index in [0.29, 0.717) is 45.5 Å². The average Bonchev–Trinajstić information content (AvgIpc) is 3.58. The first-order valence-electron chi connectivity index (χ1n) is 14.7. The van der Waals surface area contributed by atoms with Crippen LogP contribution in [0.2, 0.25) is 0 Å². The molecular formula is C34H35N7O3. The highest BCUT2D eigenvalue weighted by Gasteiger charge is 2.17. The SMILES string of the molecule is CCn1nc(C)cc1C(=O)Nc1ccc(C(=O)c2ccc3[nH]c(O)c(C=Nc4ccc(N5CCN(C)CC5)cc4)c3c2)cc1. The number of rotatable bonds is 8. The largest absolute Gasteiger partial charge is 0.494 e. The van der Waals surface area contributed by atoms with Gasteiger partial charge in [0.05, 0.1) is 16.9 Å². The van der Waals surface area contributed by atoms with E-state index in [1.54, 1.807) is 59.4 Å². The first-order valence-corrected chi connectivity index (χ1v) is 14.7. The fraction of sp³-hybridized carbons (Fsp3) is 0.235. The van der Waals surface area contributed by atoms with E-state index in [1.165, 1.54) is 5.69 Å². The number of piperazine rings is 1. The third kappa shape index (κ3) is 5.97. The van der Waals surface area contributed by atoms with Gasteiger partial charge in [0.25, 0.3) is 5.91 Å². The average molecular weight is 590 g/mol. The Hall–Kier alpha value is -5.22. The van der Waals surface area contributed by atoms with E-state index in [9.17, 15) is 14.7 Å². The van der Waals surface area contributed by atoms with Crippen LogP contribution in [0.15, 0.2) is 77.8 Å². The van der Waals surface area contributed by atoms with Crippen molar-refractivity contribution in [3.63, 3.8) is 0 Å². The lowest BCUT2D eigenvalue weighted by atomic mass is 10.0. The number of benzene rings is 3. The number of amides is 1. The number of nitrogens with zero attached hydrogens (tertiary/aromatic N) is 5. The van der Waals surface area contributed by atoms with Gasteiger partial charge in [0, 0.05) is 72.3 Å². The topological polar surface area (TPSA) is 119 Å². The first-order chi connectivity index (χ1) is 21.3. The van der Waals surface area contributed by atoms with Gasteiger partial charge in [0.2, 0.25) is 0 Å². The minimum atomic E-state index is -0.260. The van der Waals surface area contributed by atoms with Gasteiger partial charge in [-0.3, -0.25) is 19.3 Å². The smallest absolute Gasteiger partial charge is 0.273 e. The molecule has 44 heavy (non-hydrogen) atoms. The molecule has 1 fully saturated rings. The number of aromatic amines is 1. The van der Waals surface area contributed by atoms with Crippen molar-refractivity contribution in [3.05, 3.63) is 101 Å². The van der Waals surface area contributed by atoms with Gasteiger partial charge >= 0.3 is 0 Å². The van der Waals surface area contributed by atoms with E-state index in [1.807, 2.05) is 26.0 Å². The fourth-order valence-electron chi connectivity index (χ4n) is 5.46. The zero-order valence-corrected chi connectivity index (χ0v) is 25.0. The maximum Gasteiger partial charge on any atom is 0.273 e. The summed E-state index contributed by atoms with van der Waals surface area (Å²) in [6.07, 6.45) is 1.62. The number of likely N-dealkylation sites (N-methyl/N-ethyl adjacent to an activating group) is 1. The molecule has 10 nitrogen and oxygen atoms in total. The zero-order valence-electron chi connectivity index (χ0n) is 25.0. The van der Waals surface area contributed by atoms with Crippen LogP contribution in [-0.2, 0) is 6.54 Å². The van der Waals surface area contributed by atoms with E-state index in [2.05, 4.69) is 49.4 Å². The Labute approximate surface area is 255 Å². The minimum absolute atomic E-state index is 0.0119. The lowest BCUT2D eigenvalue weighted by Gasteiger charge is -2.34. The molecule has 0 radical (unpaired) electrons. The first kappa shape index (κ1) is 28.9. The highest BCUT2D eigenvalue weighted by Crippen LogP contribution is 2.29. The van der Waals surface area contributed by atoms with Crippen molar-refractivity contribution in [1.82, 2.24) is 19.7 Å². The van der Waals surface area contributed by atoms with Crippen LogP contribution in [0.4, 0.5) is 17.1 Å². The van der Waals surface area contributed by atoms with Crippen molar-refractivity contribution < 1.29 is 14.7 Å². The highest BCUT2D eigenvalue weighted by atomic mass is 16.3. The van der Waals surface area contributed by atoms with Crippen molar-refractivity contribution in [2.45, 2.75) is 20.4 Å². The molecule has 0 bridgehead atoms. The van der Waals surface area contributed by atoms with Crippen molar-refractivity contribution in [2.24, 2.45) is 4.99 Å². The minimum Gasteiger partial charge on any atom is -0.494 e. The lowest BCUT2D eigenvalue weighted by molar-refractivity contribution is 0.101. The molecule has 1 amide bonds. The zero-order chi connectivity index (χ0) is 30.8. The third-order valence-corrected chi connectivity index (χ3v) is 7.98. The van der Waals surface area contributed by atoms with E-state index >= 15 is 0 Å². The van der Waals surface area contributed by atoms with Crippen LogP contribution in [0.25, 0.3) is 10.9 Å². The quantitative estimate of drug-likeness (QED) is 0.165. The number of aliphatic imine (C=N–C) groups is 1. The van der Waals surface area contributed by atoms with Crippen LogP contribution < -0.4 is 10.2 Å². The summed E-state index contributed by atoms with van der Waals surface area (Å²) in [4.78, 5) is 38.4. The number of aromatic hydroxyl groups is 1. The van der Waals surface area contributed by atoms with Gasteiger partial charge in [-0.1, -0.05) is 0 Å². The molecule has 3 heterocycles. The number of H-pyrrole nitrogens is 1. The second kappa shape index (κ2) is 12.2. The monoisotopic (exact) mass is 589 g/mol. The predicted molar refractivity (Wildman–Crippen MR) is 174 cm³/mol. The van der Waals surface area contributed by atoms with Crippen LogP contribution >= 0.6 is 0 Å². The highest BCUT2D eigenvalue weighted by molar-refractivity contribution is 6.12. The molecule has 1 aliphatic rings. The summed E-state index contributed by atoms with van der Waals surface area (Å²) < 4.78 is 1.65. The molecule has 0 saturated carbocycles. The molecule has 0 atom stereocenters. The molecule has 10 heteroatoms. The molecule has 2 aromatic heterocycles. The summed E-state index contributed by atoms with van der Waals surface area (Å²) in [5.74, 6) is -0.445. The summed E-state index contributed by atoms with van der Waals surface area (Å²) in [6.45, 7) is 8.44. The van der Waals surface area contributed by atoms with E-state index in [-0.39, 0.29) is 17.6 Å². The number of hydrogen-bond donors (Lipinski definition) is 3. The molecular weight excluding hydrogens is 554 g/mol. The Balaban J connectivity index is 1.17. The number of fused-ring (bicyclic) bond motifs is 1. The van der Waals surface area contributed by atoms with Crippen molar-refractivity contribution in [1.29, 1.82) is 0 Å². The van der Waals surface area contributed by atoms with Crippen LogP contribution in [-0.4, -0.2) is 75.9 Å². The molecule has 6 rings (SSSR count). The maximum atomic E-state index is 13.4. The molecule has 3 N–H and O–H groups in total. The normalized spacial score (nSPS) is 14.0. The number of nitrogens with one attached hydrogen (secondary N) is 2. The number of anilines is 2. The number of aryl methyl sites for hydroxylation is 2. The van der Waals surface area contributed by atoms with E-state index in [4.69, 9.17) is 0 Å². The van der Waals surface area contributed by atoms with Gasteiger partial charge in [-0.25, -0.2) is 0 Å². The third-order valence-electron chi connectivity index (χ3n) is 7.98. The van der Waals surface area contributed by atoms with Crippen molar-refractivity contribution >= 4 is 45.9 Å². The summed E-state index contributed by atoms with van der Waals surface area (Å²) in [6, 6.07) is 21.9. The lowest BCUT2D eigenvalue weighted by Crippen LogP contribution is -2.44. The van der Waals surface area contributed by atoms with Crippen LogP contribution in [0.1, 0.15) is 44.6 Å². The molecule has 0 spiro atoms. The summed E-state index contributed by atoms with van der Waals surface area (Å²) in [5.41, 5.74) is 5.94. The number of hydrogen-bond acceptors (Lipinski definition) is 7. The van der Waals surface area contributed by atoms with Crippen molar-refractivity contribution in [2.75, 3.05) is 43.4 Å². The molecule has 0 unspecified atom stereocenters. The molecule has 1 saturated heterocycles. The fourth-order valence-corrected chi connectivity index (χ4v) is 5.46. The standard InChI is InChI=1S/C34H35N7O3/c1-4-41-31(19-22(2)38-41)34(44)36-26-8-5-23(6-9-26)32(42)24-7-14-30-28(20-24)29(33(43)37-30)21-35-25-10-12-27(13-11-25)40-17-15-39(3)16-18-40/h5-14,19-21,37,43H,4,15-18H2,1-3H3,(H,36,44). The Kier molecular flexibility index (Phi) is 7.99. The van der Waals surface area contributed by atoms with E-state index < -0.39 is 0 Å².